The Balaban J connectivity index is 1.82. The predicted octanol–water partition coefficient (Wildman–Crippen LogP) is 4.76. The lowest BCUT2D eigenvalue weighted by atomic mass is 9.66. The lowest BCUT2D eigenvalue weighted by Crippen LogP contribution is -2.26. The molecule has 22 heavy (non-hydrogen) atoms. The molecule has 2 aromatic carbocycles. The van der Waals surface area contributed by atoms with Crippen LogP contribution in [0.3, 0.4) is 0 Å². The first-order valence-electron chi connectivity index (χ1n) is 7.98. The Labute approximate surface area is 130 Å². The minimum atomic E-state index is -0.273. The van der Waals surface area contributed by atoms with Gasteiger partial charge in [0.15, 0.2) is 0 Å². The van der Waals surface area contributed by atoms with Crippen molar-refractivity contribution in [2.45, 2.75) is 39.0 Å². The van der Waals surface area contributed by atoms with Gasteiger partial charge in [-0.1, -0.05) is 37.3 Å². The second-order valence-corrected chi connectivity index (χ2v) is 6.81. The minimum Gasteiger partial charge on any atom is -0.427 e. The zero-order valence-corrected chi connectivity index (χ0v) is 13.1. The van der Waals surface area contributed by atoms with E-state index in [0.717, 1.165) is 18.2 Å². The smallest absolute Gasteiger partial charge is 0.308 e. The molecular weight excluding hydrogens is 272 g/mol. The van der Waals surface area contributed by atoms with Crippen LogP contribution in [-0.2, 0) is 11.2 Å². The highest BCUT2D eigenvalue weighted by atomic mass is 16.5. The highest BCUT2D eigenvalue weighted by Crippen LogP contribution is 2.53. The lowest BCUT2D eigenvalue weighted by molar-refractivity contribution is -0.131. The van der Waals surface area contributed by atoms with Crippen LogP contribution in [0.2, 0.25) is 0 Å². The molecule has 2 aliphatic rings. The van der Waals surface area contributed by atoms with E-state index in [2.05, 4.69) is 37.3 Å². The Kier molecular flexibility index (Phi) is 2.90. The average Bonchev–Trinajstić information content (AvgIpc) is 2.88. The fourth-order valence-electron chi connectivity index (χ4n) is 4.22. The van der Waals surface area contributed by atoms with Crippen LogP contribution in [0.15, 0.2) is 42.5 Å². The molecule has 0 saturated heterocycles. The van der Waals surface area contributed by atoms with Gasteiger partial charge in [0, 0.05) is 6.92 Å². The van der Waals surface area contributed by atoms with Crippen LogP contribution in [0, 0.1) is 5.41 Å². The molecule has 0 radical (unpaired) electrons. The summed E-state index contributed by atoms with van der Waals surface area (Å²) < 4.78 is 5.20. The van der Waals surface area contributed by atoms with Crippen molar-refractivity contribution in [1.82, 2.24) is 0 Å². The summed E-state index contributed by atoms with van der Waals surface area (Å²) in [4.78, 5) is 11.1. The van der Waals surface area contributed by atoms with Crippen molar-refractivity contribution in [1.29, 1.82) is 0 Å². The normalized spacial score (nSPS) is 25.8. The standard InChI is InChI=1S/C20H20O2/c1-13(21)22-15-6-8-16-14(12-15)5-7-18-17(16)9-11-20(2)10-3-4-19(18)20/h3,5-8,10,12,19H,4,9,11H2,1-2H3/t19-,20-/m0/s1. The molecule has 112 valence electrons. The van der Waals surface area contributed by atoms with Gasteiger partial charge >= 0.3 is 5.97 Å². The molecule has 2 aromatic rings. The Morgan fingerprint density at radius 1 is 1.27 bits per heavy atom. The van der Waals surface area contributed by atoms with Crippen LogP contribution in [0.5, 0.6) is 5.75 Å². The molecule has 0 bridgehead atoms. The van der Waals surface area contributed by atoms with Crippen LogP contribution >= 0.6 is 0 Å². The number of rotatable bonds is 1. The highest BCUT2D eigenvalue weighted by Gasteiger charge is 2.40. The second kappa shape index (κ2) is 4.70. The number of hydrogen-bond donors (Lipinski definition) is 0. The number of aryl methyl sites for hydroxylation is 1. The molecule has 0 aliphatic heterocycles. The lowest BCUT2D eigenvalue weighted by Gasteiger charge is -2.38. The van der Waals surface area contributed by atoms with Crippen LogP contribution in [0.4, 0.5) is 0 Å². The summed E-state index contributed by atoms with van der Waals surface area (Å²) in [7, 11) is 0. The number of carbonyl (C=O) groups is 1. The molecule has 2 aliphatic carbocycles. The van der Waals surface area contributed by atoms with Crippen molar-refractivity contribution < 1.29 is 9.53 Å². The van der Waals surface area contributed by atoms with E-state index in [-0.39, 0.29) is 5.97 Å². The molecule has 2 heteroatoms. The summed E-state index contributed by atoms with van der Waals surface area (Å²) in [6, 6.07) is 10.4. The summed E-state index contributed by atoms with van der Waals surface area (Å²) in [5, 5.41) is 2.47. The van der Waals surface area contributed by atoms with Gasteiger partial charge in [0.1, 0.15) is 5.75 Å². The summed E-state index contributed by atoms with van der Waals surface area (Å²) in [6.45, 7) is 3.82. The third kappa shape index (κ3) is 1.98. The van der Waals surface area contributed by atoms with Gasteiger partial charge in [0.2, 0.25) is 0 Å². The number of fused-ring (bicyclic) bond motifs is 5. The van der Waals surface area contributed by atoms with Gasteiger partial charge in [-0.3, -0.25) is 4.79 Å². The van der Waals surface area contributed by atoms with Gasteiger partial charge in [-0.2, -0.15) is 0 Å². The Bertz CT molecular complexity index is 803. The summed E-state index contributed by atoms with van der Waals surface area (Å²) >= 11 is 0. The fraction of sp³-hybridized carbons (Fsp3) is 0.350. The fourth-order valence-corrected chi connectivity index (χ4v) is 4.22. The number of allylic oxidation sites excluding steroid dienone is 2. The molecule has 0 saturated carbocycles. The van der Waals surface area contributed by atoms with Crippen molar-refractivity contribution in [2.75, 3.05) is 0 Å². The van der Waals surface area contributed by atoms with E-state index in [1.807, 2.05) is 12.1 Å². The van der Waals surface area contributed by atoms with Crippen LogP contribution in [0.25, 0.3) is 10.8 Å². The molecule has 4 rings (SSSR count). The van der Waals surface area contributed by atoms with Crippen molar-refractivity contribution >= 4 is 16.7 Å². The van der Waals surface area contributed by atoms with Gasteiger partial charge < -0.3 is 4.74 Å². The first kappa shape index (κ1) is 13.6. The van der Waals surface area contributed by atoms with Crippen molar-refractivity contribution in [3.8, 4) is 5.75 Å². The van der Waals surface area contributed by atoms with Gasteiger partial charge in [-0.15, -0.1) is 0 Å². The van der Waals surface area contributed by atoms with E-state index in [0.29, 0.717) is 17.1 Å². The predicted molar refractivity (Wildman–Crippen MR) is 88.2 cm³/mol. The quantitative estimate of drug-likeness (QED) is 0.430. The molecular formula is C20H20O2. The molecule has 2 nitrogen and oxygen atoms in total. The number of ether oxygens (including phenoxy) is 1. The Morgan fingerprint density at radius 2 is 2.14 bits per heavy atom. The average molecular weight is 292 g/mol. The summed E-state index contributed by atoms with van der Waals surface area (Å²) in [5.74, 6) is 0.974. The van der Waals surface area contributed by atoms with E-state index in [9.17, 15) is 4.79 Å². The van der Waals surface area contributed by atoms with E-state index >= 15 is 0 Å². The van der Waals surface area contributed by atoms with E-state index in [1.165, 1.54) is 29.9 Å². The molecule has 0 spiro atoms. The van der Waals surface area contributed by atoms with Crippen LogP contribution < -0.4 is 4.74 Å². The number of carbonyl (C=O) groups excluding carboxylic acids is 1. The van der Waals surface area contributed by atoms with E-state index < -0.39 is 0 Å². The third-order valence-corrected chi connectivity index (χ3v) is 5.36. The molecule has 0 N–H and O–H groups in total. The third-order valence-electron chi connectivity index (χ3n) is 5.36. The Morgan fingerprint density at radius 3 is 2.95 bits per heavy atom. The van der Waals surface area contributed by atoms with Gasteiger partial charge in [-0.25, -0.2) is 0 Å². The first-order chi connectivity index (χ1) is 10.6. The highest BCUT2D eigenvalue weighted by molar-refractivity contribution is 5.89. The minimum absolute atomic E-state index is 0.273. The van der Waals surface area contributed by atoms with Crippen LogP contribution in [-0.4, -0.2) is 5.97 Å². The van der Waals surface area contributed by atoms with Gasteiger partial charge in [-0.05, 0) is 64.6 Å². The Hall–Kier alpha value is -2.09. The van der Waals surface area contributed by atoms with Gasteiger partial charge in [0.25, 0.3) is 0 Å². The molecule has 0 amide bonds. The maximum Gasteiger partial charge on any atom is 0.308 e. The largest absolute Gasteiger partial charge is 0.427 e. The van der Waals surface area contributed by atoms with E-state index in [1.54, 1.807) is 0 Å². The second-order valence-electron chi connectivity index (χ2n) is 6.81. The van der Waals surface area contributed by atoms with Crippen molar-refractivity contribution in [3.05, 3.63) is 53.6 Å². The maximum atomic E-state index is 11.1. The molecule has 0 heterocycles. The maximum absolute atomic E-state index is 11.1. The molecule has 0 fully saturated rings. The summed E-state index contributed by atoms with van der Waals surface area (Å²) in [5.41, 5.74) is 3.32. The summed E-state index contributed by atoms with van der Waals surface area (Å²) in [6.07, 6.45) is 8.24. The van der Waals surface area contributed by atoms with Gasteiger partial charge in [0.05, 0.1) is 0 Å². The number of benzene rings is 2. The zero-order valence-electron chi connectivity index (χ0n) is 13.1. The van der Waals surface area contributed by atoms with Crippen molar-refractivity contribution in [2.24, 2.45) is 5.41 Å². The monoisotopic (exact) mass is 292 g/mol. The van der Waals surface area contributed by atoms with E-state index in [4.69, 9.17) is 4.74 Å². The molecule has 0 unspecified atom stereocenters. The van der Waals surface area contributed by atoms with Crippen molar-refractivity contribution in [3.63, 3.8) is 0 Å². The topological polar surface area (TPSA) is 26.3 Å². The zero-order chi connectivity index (χ0) is 15.3. The van der Waals surface area contributed by atoms with Crippen LogP contribution in [0.1, 0.15) is 43.7 Å². The molecule has 2 atom stereocenters. The first-order valence-corrected chi connectivity index (χ1v) is 7.98. The molecule has 0 aromatic heterocycles. The number of hydrogen-bond acceptors (Lipinski definition) is 2. The SMILES string of the molecule is CC(=O)Oc1ccc2c3c(ccc2c1)[C@@H]1CC=C[C@@]1(C)CC3. The number of esters is 1.